The van der Waals surface area contributed by atoms with Gasteiger partial charge in [-0.05, 0) is 29.8 Å². The molecule has 0 aliphatic carbocycles. The molecule has 0 aliphatic rings. The van der Waals surface area contributed by atoms with Gasteiger partial charge in [-0.3, -0.25) is 0 Å². The monoisotopic (exact) mass is 312 g/mol. The first kappa shape index (κ1) is 15.4. The molecule has 23 heavy (non-hydrogen) atoms. The molecule has 0 radical (unpaired) electrons. The number of aliphatic hydroxyl groups is 1. The van der Waals surface area contributed by atoms with E-state index in [1.54, 1.807) is 14.2 Å². The third kappa shape index (κ3) is 3.00. The van der Waals surface area contributed by atoms with Crippen molar-refractivity contribution in [1.82, 2.24) is 9.55 Å². The van der Waals surface area contributed by atoms with E-state index in [0.717, 1.165) is 22.4 Å². The van der Waals surface area contributed by atoms with Crippen LogP contribution in [-0.2, 0) is 13.0 Å². The predicted molar refractivity (Wildman–Crippen MR) is 89.2 cm³/mol. The van der Waals surface area contributed by atoms with Crippen molar-refractivity contribution in [3.05, 3.63) is 53.9 Å². The Bertz CT molecular complexity index is 811. The summed E-state index contributed by atoms with van der Waals surface area (Å²) in [6.45, 7) is 0.614. The summed E-state index contributed by atoms with van der Waals surface area (Å²) in [5.41, 5.74) is 3.06. The van der Waals surface area contributed by atoms with E-state index in [1.807, 2.05) is 42.5 Å². The fraction of sp³-hybridized carbons (Fsp3) is 0.278. The minimum atomic E-state index is 0.0826. The molecule has 0 saturated carbocycles. The molecule has 1 aromatic heterocycles. The maximum atomic E-state index is 9.35. The summed E-state index contributed by atoms with van der Waals surface area (Å²) in [4.78, 5) is 4.70. The zero-order chi connectivity index (χ0) is 16.2. The third-order valence-corrected chi connectivity index (χ3v) is 3.87. The molecule has 3 aromatic rings. The molecule has 0 amide bonds. The number of fused-ring (bicyclic) bond motifs is 1. The van der Waals surface area contributed by atoms with Gasteiger partial charge in [0.1, 0.15) is 5.82 Å². The first-order valence-corrected chi connectivity index (χ1v) is 7.52. The van der Waals surface area contributed by atoms with Crippen LogP contribution in [0.5, 0.6) is 11.5 Å². The highest BCUT2D eigenvalue weighted by molar-refractivity contribution is 5.76. The number of aromatic nitrogens is 2. The molecule has 0 spiro atoms. The van der Waals surface area contributed by atoms with Gasteiger partial charge in [-0.25, -0.2) is 4.98 Å². The van der Waals surface area contributed by atoms with Crippen molar-refractivity contribution < 1.29 is 14.6 Å². The van der Waals surface area contributed by atoms with Crippen LogP contribution in [0.25, 0.3) is 11.0 Å². The summed E-state index contributed by atoms with van der Waals surface area (Å²) >= 11 is 0. The summed E-state index contributed by atoms with van der Waals surface area (Å²) in [6, 6.07) is 13.8. The number of aliphatic hydroxyl groups excluding tert-OH is 1. The molecule has 0 unspecified atom stereocenters. The molecule has 120 valence electrons. The van der Waals surface area contributed by atoms with Crippen LogP contribution in [-0.4, -0.2) is 35.5 Å². The SMILES string of the molecule is COc1ccc(Cc2nc3ccccc3n2CCO)cc1OC. The lowest BCUT2D eigenvalue weighted by Crippen LogP contribution is -2.07. The summed E-state index contributed by atoms with van der Waals surface area (Å²) in [6.07, 6.45) is 0.662. The van der Waals surface area contributed by atoms with Crippen molar-refractivity contribution in [2.75, 3.05) is 20.8 Å². The lowest BCUT2D eigenvalue weighted by molar-refractivity contribution is 0.276. The maximum Gasteiger partial charge on any atom is 0.161 e. The Hall–Kier alpha value is -2.53. The first-order chi connectivity index (χ1) is 11.3. The number of para-hydroxylation sites is 2. The standard InChI is InChI=1S/C18H20N2O3/c1-22-16-8-7-13(11-17(16)23-2)12-18-19-14-5-3-4-6-15(14)20(18)9-10-21/h3-8,11,21H,9-10,12H2,1-2H3. The predicted octanol–water partition coefficient (Wildman–Crippen LogP) is 2.64. The average molecular weight is 312 g/mol. The Morgan fingerprint density at radius 2 is 1.83 bits per heavy atom. The number of imidazole rings is 1. The number of rotatable bonds is 6. The lowest BCUT2D eigenvalue weighted by Gasteiger charge is -2.11. The molecule has 5 heteroatoms. The molecular weight excluding hydrogens is 292 g/mol. The molecule has 3 rings (SSSR count). The molecule has 0 bridgehead atoms. The number of hydrogen-bond donors (Lipinski definition) is 1. The number of benzene rings is 2. The molecule has 1 heterocycles. The van der Waals surface area contributed by atoms with Crippen LogP contribution < -0.4 is 9.47 Å². The second kappa shape index (κ2) is 6.71. The summed E-state index contributed by atoms with van der Waals surface area (Å²) in [7, 11) is 3.25. The Morgan fingerprint density at radius 3 is 2.57 bits per heavy atom. The van der Waals surface area contributed by atoms with Crippen molar-refractivity contribution in [3.63, 3.8) is 0 Å². The Kier molecular flexibility index (Phi) is 4.48. The van der Waals surface area contributed by atoms with Crippen molar-refractivity contribution in [3.8, 4) is 11.5 Å². The molecular formula is C18H20N2O3. The van der Waals surface area contributed by atoms with Gasteiger partial charge in [0.25, 0.3) is 0 Å². The van der Waals surface area contributed by atoms with Crippen LogP contribution in [0.15, 0.2) is 42.5 Å². The highest BCUT2D eigenvalue weighted by atomic mass is 16.5. The molecule has 0 aliphatic heterocycles. The highest BCUT2D eigenvalue weighted by Crippen LogP contribution is 2.29. The smallest absolute Gasteiger partial charge is 0.161 e. The second-order valence-electron chi connectivity index (χ2n) is 5.26. The number of hydrogen-bond acceptors (Lipinski definition) is 4. The Morgan fingerprint density at radius 1 is 1.04 bits per heavy atom. The van der Waals surface area contributed by atoms with Crippen molar-refractivity contribution in [2.45, 2.75) is 13.0 Å². The molecule has 0 saturated heterocycles. The number of nitrogens with zero attached hydrogens (tertiary/aromatic N) is 2. The van der Waals surface area contributed by atoms with Crippen molar-refractivity contribution in [2.24, 2.45) is 0 Å². The van der Waals surface area contributed by atoms with Crippen LogP contribution in [0.3, 0.4) is 0 Å². The van der Waals surface area contributed by atoms with E-state index >= 15 is 0 Å². The van der Waals surface area contributed by atoms with Gasteiger partial charge in [-0.1, -0.05) is 18.2 Å². The lowest BCUT2D eigenvalue weighted by atomic mass is 10.1. The van der Waals surface area contributed by atoms with Crippen LogP contribution >= 0.6 is 0 Å². The summed E-state index contributed by atoms with van der Waals surface area (Å²) in [5, 5.41) is 9.35. The zero-order valence-electron chi connectivity index (χ0n) is 13.3. The highest BCUT2D eigenvalue weighted by Gasteiger charge is 2.12. The molecule has 0 atom stereocenters. The minimum Gasteiger partial charge on any atom is -0.493 e. The van der Waals surface area contributed by atoms with Gasteiger partial charge >= 0.3 is 0 Å². The molecule has 1 N–H and O–H groups in total. The van der Waals surface area contributed by atoms with E-state index < -0.39 is 0 Å². The topological polar surface area (TPSA) is 56.5 Å². The molecule has 5 nitrogen and oxygen atoms in total. The van der Waals surface area contributed by atoms with Crippen LogP contribution in [0, 0.1) is 0 Å². The molecule has 0 fully saturated rings. The minimum absolute atomic E-state index is 0.0826. The second-order valence-corrected chi connectivity index (χ2v) is 5.26. The summed E-state index contributed by atoms with van der Waals surface area (Å²) < 4.78 is 12.7. The Balaban J connectivity index is 1.99. The normalized spacial score (nSPS) is 10.9. The van der Waals surface area contributed by atoms with Crippen molar-refractivity contribution in [1.29, 1.82) is 0 Å². The maximum absolute atomic E-state index is 9.35. The van der Waals surface area contributed by atoms with Gasteiger partial charge in [0, 0.05) is 13.0 Å². The van der Waals surface area contributed by atoms with E-state index in [9.17, 15) is 5.11 Å². The van der Waals surface area contributed by atoms with Crippen LogP contribution in [0.1, 0.15) is 11.4 Å². The van der Waals surface area contributed by atoms with E-state index in [1.165, 1.54) is 0 Å². The molecule has 2 aromatic carbocycles. The van der Waals surface area contributed by atoms with Crippen LogP contribution in [0.2, 0.25) is 0 Å². The zero-order valence-corrected chi connectivity index (χ0v) is 13.3. The number of methoxy groups -OCH3 is 2. The average Bonchev–Trinajstić information content (AvgIpc) is 2.92. The third-order valence-electron chi connectivity index (χ3n) is 3.87. The van der Waals surface area contributed by atoms with E-state index in [-0.39, 0.29) is 6.61 Å². The van der Waals surface area contributed by atoms with Gasteiger partial charge in [0.15, 0.2) is 11.5 Å². The van der Waals surface area contributed by atoms with Gasteiger partial charge in [0.2, 0.25) is 0 Å². The Labute approximate surface area is 135 Å². The first-order valence-electron chi connectivity index (χ1n) is 7.52. The van der Waals surface area contributed by atoms with E-state index in [2.05, 4.69) is 4.57 Å². The van der Waals surface area contributed by atoms with E-state index in [0.29, 0.717) is 24.5 Å². The van der Waals surface area contributed by atoms with Gasteiger partial charge in [-0.15, -0.1) is 0 Å². The fourth-order valence-electron chi connectivity index (χ4n) is 2.78. The summed E-state index contributed by atoms with van der Waals surface area (Å²) in [5.74, 6) is 2.34. The fourth-order valence-corrected chi connectivity index (χ4v) is 2.78. The van der Waals surface area contributed by atoms with Gasteiger partial charge < -0.3 is 19.1 Å². The largest absolute Gasteiger partial charge is 0.493 e. The van der Waals surface area contributed by atoms with Gasteiger partial charge in [0.05, 0.1) is 31.9 Å². The quantitative estimate of drug-likeness (QED) is 0.760. The van der Waals surface area contributed by atoms with Gasteiger partial charge in [-0.2, -0.15) is 0 Å². The van der Waals surface area contributed by atoms with E-state index in [4.69, 9.17) is 14.5 Å². The van der Waals surface area contributed by atoms with Crippen molar-refractivity contribution >= 4 is 11.0 Å². The number of ether oxygens (including phenoxy) is 2. The van der Waals surface area contributed by atoms with Crippen LogP contribution in [0.4, 0.5) is 0 Å².